The molecule has 2 aromatic rings. The van der Waals surface area contributed by atoms with Gasteiger partial charge in [-0.25, -0.2) is 22.7 Å². The van der Waals surface area contributed by atoms with Gasteiger partial charge >= 0.3 is 11.9 Å². The first-order chi connectivity index (χ1) is 13.3. The van der Waals surface area contributed by atoms with E-state index in [-0.39, 0.29) is 21.7 Å². The van der Waals surface area contributed by atoms with Crippen molar-refractivity contribution in [2.75, 3.05) is 26.1 Å². The topological polar surface area (TPSA) is 128 Å². The molecule has 0 aliphatic rings. The smallest absolute Gasteiger partial charge is 0.339 e. The Kier molecular flexibility index (Phi) is 6.85. The standard InChI is InChI=1S/C18H18N2O7S/c1-19-28(24,25)13-9-7-12(8-10-13)17(22)27-11-16(21)20-15-6-4-3-5-14(15)18(23)26-2/h3-10,19H,11H2,1-2H3,(H,20,21). The van der Waals surface area contributed by atoms with Crippen molar-refractivity contribution in [3.63, 3.8) is 0 Å². The van der Waals surface area contributed by atoms with E-state index in [1.165, 1.54) is 50.6 Å². The summed E-state index contributed by atoms with van der Waals surface area (Å²) in [6.45, 7) is -0.592. The number of nitrogens with one attached hydrogen (secondary N) is 2. The van der Waals surface area contributed by atoms with Crippen molar-refractivity contribution < 1.29 is 32.3 Å². The summed E-state index contributed by atoms with van der Waals surface area (Å²) >= 11 is 0. The summed E-state index contributed by atoms with van der Waals surface area (Å²) in [5.74, 6) is -2.08. The number of benzene rings is 2. The minimum absolute atomic E-state index is 0.0105. The third-order valence-electron chi connectivity index (χ3n) is 3.61. The van der Waals surface area contributed by atoms with Crippen LogP contribution in [0.15, 0.2) is 53.4 Å². The Morgan fingerprint density at radius 3 is 2.21 bits per heavy atom. The van der Waals surface area contributed by atoms with Crippen molar-refractivity contribution >= 4 is 33.6 Å². The van der Waals surface area contributed by atoms with Gasteiger partial charge in [0, 0.05) is 0 Å². The SMILES string of the molecule is CNS(=O)(=O)c1ccc(C(=O)OCC(=O)Nc2ccccc2C(=O)OC)cc1. The number of sulfonamides is 1. The molecule has 0 fully saturated rings. The van der Waals surface area contributed by atoms with E-state index in [9.17, 15) is 22.8 Å². The Morgan fingerprint density at radius 1 is 0.964 bits per heavy atom. The fourth-order valence-electron chi connectivity index (χ4n) is 2.17. The molecular weight excluding hydrogens is 388 g/mol. The number of carbonyl (C=O) groups excluding carboxylic acids is 3. The fraction of sp³-hybridized carbons (Fsp3) is 0.167. The Hall–Kier alpha value is -3.24. The first kappa shape index (κ1) is 21.1. The minimum atomic E-state index is -3.62. The van der Waals surface area contributed by atoms with Gasteiger partial charge in [0.1, 0.15) is 0 Å². The van der Waals surface area contributed by atoms with E-state index in [0.29, 0.717) is 0 Å². The molecule has 0 saturated heterocycles. The first-order valence-electron chi connectivity index (χ1n) is 7.96. The van der Waals surface area contributed by atoms with Gasteiger partial charge in [0.2, 0.25) is 10.0 Å². The number of ether oxygens (including phenoxy) is 2. The van der Waals surface area contributed by atoms with Gasteiger partial charge < -0.3 is 14.8 Å². The summed E-state index contributed by atoms with van der Waals surface area (Å²) in [4.78, 5) is 35.7. The van der Waals surface area contributed by atoms with Crippen molar-refractivity contribution in [1.82, 2.24) is 4.72 Å². The molecule has 148 valence electrons. The predicted molar refractivity (Wildman–Crippen MR) is 99.4 cm³/mol. The molecule has 0 bridgehead atoms. The second-order valence-corrected chi connectivity index (χ2v) is 7.28. The predicted octanol–water partition coefficient (Wildman–Crippen LogP) is 1.18. The summed E-state index contributed by atoms with van der Waals surface area (Å²) in [6, 6.07) is 11.3. The number of amides is 1. The molecule has 10 heteroatoms. The number of carbonyl (C=O) groups is 3. The molecule has 1 amide bonds. The molecule has 0 spiro atoms. The summed E-state index contributed by atoms with van der Waals surface area (Å²) in [5.41, 5.74) is 0.459. The van der Waals surface area contributed by atoms with Gasteiger partial charge in [-0.3, -0.25) is 4.79 Å². The van der Waals surface area contributed by atoms with E-state index in [0.717, 1.165) is 0 Å². The van der Waals surface area contributed by atoms with Crippen LogP contribution in [-0.4, -0.2) is 47.0 Å². The lowest BCUT2D eigenvalue weighted by Gasteiger charge is -2.10. The average molecular weight is 406 g/mol. The van der Waals surface area contributed by atoms with Gasteiger partial charge in [0.25, 0.3) is 5.91 Å². The van der Waals surface area contributed by atoms with Gasteiger partial charge in [-0.2, -0.15) is 0 Å². The number of esters is 2. The molecule has 2 N–H and O–H groups in total. The number of methoxy groups -OCH3 is 1. The lowest BCUT2D eigenvalue weighted by Crippen LogP contribution is -2.22. The molecule has 0 radical (unpaired) electrons. The minimum Gasteiger partial charge on any atom is -0.465 e. The van der Waals surface area contributed by atoms with Gasteiger partial charge in [0.05, 0.1) is 28.8 Å². The van der Waals surface area contributed by atoms with E-state index in [4.69, 9.17) is 4.74 Å². The van der Waals surface area contributed by atoms with E-state index in [1.807, 2.05) is 0 Å². The van der Waals surface area contributed by atoms with Crippen molar-refractivity contribution in [2.45, 2.75) is 4.90 Å². The van der Waals surface area contributed by atoms with E-state index in [2.05, 4.69) is 14.8 Å². The lowest BCUT2D eigenvalue weighted by molar-refractivity contribution is -0.119. The van der Waals surface area contributed by atoms with Crippen LogP contribution in [0.4, 0.5) is 5.69 Å². The second-order valence-electron chi connectivity index (χ2n) is 5.39. The van der Waals surface area contributed by atoms with Crippen LogP contribution in [0.1, 0.15) is 20.7 Å². The zero-order valence-corrected chi connectivity index (χ0v) is 15.9. The highest BCUT2D eigenvalue weighted by Crippen LogP contribution is 2.16. The van der Waals surface area contributed by atoms with Crippen LogP contribution in [0.25, 0.3) is 0 Å². The van der Waals surface area contributed by atoms with Crippen molar-refractivity contribution in [2.24, 2.45) is 0 Å². The van der Waals surface area contributed by atoms with Gasteiger partial charge in [-0.1, -0.05) is 12.1 Å². The Morgan fingerprint density at radius 2 is 1.61 bits per heavy atom. The van der Waals surface area contributed by atoms with Crippen LogP contribution in [0.5, 0.6) is 0 Å². The Bertz CT molecular complexity index is 985. The van der Waals surface area contributed by atoms with E-state index in [1.54, 1.807) is 12.1 Å². The monoisotopic (exact) mass is 406 g/mol. The molecule has 0 aliphatic heterocycles. The number of anilines is 1. The lowest BCUT2D eigenvalue weighted by atomic mass is 10.2. The first-order valence-corrected chi connectivity index (χ1v) is 9.44. The van der Waals surface area contributed by atoms with E-state index >= 15 is 0 Å². The zero-order valence-electron chi connectivity index (χ0n) is 15.1. The maximum absolute atomic E-state index is 12.0. The number of rotatable bonds is 7. The zero-order chi connectivity index (χ0) is 20.7. The molecule has 0 saturated carbocycles. The number of hydrogen-bond acceptors (Lipinski definition) is 7. The van der Waals surface area contributed by atoms with Crippen LogP contribution in [-0.2, 0) is 24.3 Å². The highest BCUT2D eigenvalue weighted by Gasteiger charge is 2.16. The molecule has 0 atom stereocenters. The van der Waals surface area contributed by atoms with Gasteiger partial charge in [-0.15, -0.1) is 0 Å². The maximum Gasteiger partial charge on any atom is 0.339 e. The van der Waals surface area contributed by atoms with Crippen LogP contribution in [0.2, 0.25) is 0 Å². The molecule has 0 heterocycles. The maximum atomic E-state index is 12.0. The molecule has 2 aromatic carbocycles. The fourth-order valence-corrected chi connectivity index (χ4v) is 2.90. The second kappa shape index (κ2) is 9.11. The highest BCUT2D eigenvalue weighted by molar-refractivity contribution is 7.89. The highest BCUT2D eigenvalue weighted by atomic mass is 32.2. The largest absolute Gasteiger partial charge is 0.465 e. The Labute approximate surface area is 161 Å². The molecular formula is C18H18N2O7S. The third kappa shape index (κ3) is 5.15. The van der Waals surface area contributed by atoms with Gasteiger partial charge in [-0.05, 0) is 43.4 Å². The summed E-state index contributed by atoms with van der Waals surface area (Å²) in [6.07, 6.45) is 0. The summed E-state index contributed by atoms with van der Waals surface area (Å²) in [5, 5.41) is 2.46. The normalized spacial score (nSPS) is 10.8. The molecule has 0 aliphatic carbocycles. The van der Waals surface area contributed by atoms with Gasteiger partial charge in [0.15, 0.2) is 6.61 Å². The molecule has 0 aromatic heterocycles. The van der Waals surface area contributed by atoms with Crippen LogP contribution < -0.4 is 10.0 Å². The van der Waals surface area contributed by atoms with Crippen LogP contribution >= 0.6 is 0 Å². The molecule has 9 nitrogen and oxygen atoms in total. The van der Waals surface area contributed by atoms with E-state index < -0.39 is 34.5 Å². The molecule has 2 rings (SSSR count). The van der Waals surface area contributed by atoms with Crippen molar-refractivity contribution in [3.8, 4) is 0 Å². The third-order valence-corrected chi connectivity index (χ3v) is 5.04. The van der Waals surface area contributed by atoms with Crippen molar-refractivity contribution in [3.05, 3.63) is 59.7 Å². The summed E-state index contributed by atoms with van der Waals surface area (Å²) in [7, 11) is -1.13. The molecule has 28 heavy (non-hydrogen) atoms. The quantitative estimate of drug-likeness (QED) is 0.661. The van der Waals surface area contributed by atoms with Crippen LogP contribution in [0, 0.1) is 0 Å². The Balaban J connectivity index is 1.98. The number of hydrogen-bond donors (Lipinski definition) is 2. The summed E-state index contributed by atoms with van der Waals surface area (Å²) < 4.78 is 35.0. The average Bonchev–Trinajstić information content (AvgIpc) is 2.72. The number of para-hydroxylation sites is 1. The van der Waals surface area contributed by atoms with Crippen LogP contribution in [0.3, 0.4) is 0 Å². The van der Waals surface area contributed by atoms with Crippen molar-refractivity contribution in [1.29, 1.82) is 0 Å². The molecule has 0 unspecified atom stereocenters.